The zero-order chi connectivity index (χ0) is 12.3. The molecule has 0 bridgehead atoms. The minimum atomic E-state index is -4.58. The van der Waals surface area contributed by atoms with E-state index in [9.17, 15) is 18.0 Å². The van der Waals surface area contributed by atoms with Crippen molar-refractivity contribution < 1.29 is 13.2 Å². The fourth-order valence-electron chi connectivity index (χ4n) is 0.980. The number of hydrogen-bond acceptors (Lipinski definition) is 2. The van der Waals surface area contributed by atoms with Crippen molar-refractivity contribution in [3.05, 3.63) is 28.4 Å². The third-order valence-electron chi connectivity index (χ3n) is 1.73. The summed E-state index contributed by atoms with van der Waals surface area (Å²) < 4.78 is 37.7. The topological polar surface area (TPSA) is 34.9 Å². The zero-order valence-corrected chi connectivity index (χ0v) is 11.0. The summed E-state index contributed by atoms with van der Waals surface area (Å²) in [5, 5.41) is 0.584. The van der Waals surface area contributed by atoms with Gasteiger partial charge in [0.05, 0.1) is 6.33 Å². The fourth-order valence-corrected chi connectivity index (χ4v) is 1.50. The maximum absolute atomic E-state index is 12.2. The molecule has 16 heavy (non-hydrogen) atoms. The van der Waals surface area contributed by atoms with Crippen LogP contribution in [0, 0.1) is 0 Å². The monoisotopic (exact) mass is 362 g/mol. The highest BCUT2D eigenvalue weighted by Crippen LogP contribution is 2.25. The highest BCUT2D eigenvalue weighted by molar-refractivity contribution is 9.12. The van der Waals surface area contributed by atoms with Crippen LogP contribution in [0.15, 0.2) is 17.2 Å². The van der Waals surface area contributed by atoms with Crippen LogP contribution < -0.4 is 5.56 Å². The van der Waals surface area contributed by atoms with Gasteiger partial charge in [0.1, 0.15) is 0 Å². The van der Waals surface area contributed by atoms with Crippen molar-refractivity contribution in [1.82, 2.24) is 9.55 Å². The summed E-state index contributed by atoms with van der Waals surface area (Å²) in [5.41, 5.74) is -1.88. The minimum absolute atomic E-state index is 0.0382. The summed E-state index contributed by atoms with van der Waals surface area (Å²) in [5.74, 6) is 0. The number of nitrogens with zero attached hydrogens (tertiary/aromatic N) is 2. The zero-order valence-electron chi connectivity index (χ0n) is 7.84. The molecule has 0 spiro atoms. The predicted molar refractivity (Wildman–Crippen MR) is 60.0 cm³/mol. The van der Waals surface area contributed by atoms with Crippen LogP contribution in [0.2, 0.25) is 0 Å². The molecule has 1 heterocycles. The second-order valence-corrected chi connectivity index (χ2v) is 4.96. The fraction of sp³-hybridized carbons (Fsp3) is 0.500. The molecular weight excluding hydrogens is 357 g/mol. The van der Waals surface area contributed by atoms with Gasteiger partial charge >= 0.3 is 6.18 Å². The van der Waals surface area contributed by atoms with Crippen molar-refractivity contribution in [3.63, 3.8) is 0 Å². The van der Waals surface area contributed by atoms with Crippen molar-refractivity contribution in [2.45, 2.75) is 17.5 Å². The molecule has 90 valence electrons. The van der Waals surface area contributed by atoms with Gasteiger partial charge in [-0.15, -0.1) is 0 Å². The Morgan fingerprint density at radius 3 is 2.56 bits per heavy atom. The number of hydrogen-bond donors (Lipinski definition) is 0. The average molecular weight is 364 g/mol. The average Bonchev–Trinajstić information content (AvgIpc) is 2.19. The van der Waals surface area contributed by atoms with E-state index in [1.165, 1.54) is 0 Å². The molecule has 3 nitrogen and oxygen atoms in total. The first-order valence-corrected chi connectivity index (χ1v) is 6.22. The van der Waals surface area contributed by atoms with Gasteiger partial charge < -0.3 is 0 Å². The van der Waals surface area contributed by atoms with E-state index >= 15 is 0 Å². The Balaban J connectivity index is 2.97. The molecule has 0 saturated carbocycles. The molecule has 1 rings (SSSR count). The van der Waals surface area contributed by atoms with Gasteiger partial charge in [0.25, 0.3) is 5.56 Å². The Bertz CT molecular complexity index is 418. The Labute approximate surface area is 106 Å². The van der Waals surface area contributed by atoms with Crippen molar-refractivity contribution in [3.8, 4) is 0 Å². The van der Waals surface area contributed by atoms with E-state index in [2.05, 4.69) is 36.8 Å². The largest absolute Gasteiger partial charge is 0.433 e. The molecule has 1 aromatic rings. The second-order valence-electron chi connectivity index (χ2n) is 3.01. The van der Waals surface area contributed by atoms with Gasteiger partial charge in [-0.1, -0.05) is 31.9 Å². The van der Waals surface area contributed by atoms with Gasteiger partial charge in [-0.3, -0.25) is 9.36 Å². The molecule has 0 aromatic carbocycles. The third-order valence-corrected chi connectivity index (χ3v) is 4.00. The molecule has 0 N–H and O–H groups in total. The molecule has 8 heteroatoms. The lowest BCUT2D eigenvalue weighted by molar-refractivity contribution is -0.141. The van der Waals surface area contributed by atoms with E-state index in [0.717, 1.165) is 10.9 Å². The summed E-state index contributed by atoms with van der Waals surface area (Å²) in [4.78, 5) is 14.5. The molecule has 0 aliphatic rings. The van der Waals surface area contributed by atoms with Crippen molar-refractivity contribution >= 4 is 31.9 Å². The van der Waals surface area contributed by atoms with Gasteiger partial charge in [-0.05, 0) is 0 Å². The van der Waals surface area contributed by atoms with E-state index in [1.54, 1.807) is 0 Å². The Kier molecular flexibility index (Phi) is 4.54. The number of alkyl halides is 5. The Hall–Kier alpha value is -0.370. The lowest BCUT2D eigenvalue weighted by Crippen LogP contribution is -2.26. The molecule has 0 amide bonds. The maximum atomic E-state index is 12.2. The molecular formula is C8H7Br2F3N2O. The summed E-state index contributed by atoms with van der Waals surface area (Å²) in [7, 11) is 0. The third kappa shape index (κ3) is 3.58. The van der Waals surface area contributed by atoms with Gasteiger partial charge in [-0.2, -0.15) is 13.2 Å². The molecule has 0 aliphatic heterocycles. The highest BCUT2D eigenvalue weighted by atomic mass is 79.9. The number of rotatable bonds is 3. The van der Waals surface area contributed by atoms with E-state index in [-0.39, 0.29) is 11.4 Å². The van der Waals surface area contributed by atoms with Crippen LogP contribution >= 0.6 is 31.9 Å². The van der Waals surface area contributed by atoms with E-state index in [4.69, 9.17) is 0 Å². The second kappa shape index (κ2) is 5.31. The molecule has 1 aromatic heterocycles. The minimum Gasteiger partial charge on any atom is -0.298 e. The Morgan fingerprint density at radius 2 is 2.12 bits per heavy atom. The molecule has 1 atom stereocenters. The first kappa shape index (κ1) is 13.7. The van der Waals surface area contributed by atoms with Crippen LogP contribution in [0.1, 0.15) is 5.69 Å². The van der Waals surface area contributed by atoms with Crippen molar-refractivity contribution in [2.75, 3.05) is 5.33 Å². The summed E-state index contributed by atoms with van der Waals surface area (Å²) in [6.07, 6.45) is -3.68. The Morgan fingerprint density at radius 1 is 1.50 bits per heavy atom. The predicted octanol–water partition coefficient (Wildman–Crippen LogP) is 2.42. The highest BCUT2D eigenvalue weighted by Gasteiger charge is 2.33. The van der Waals surface area contributed by atoms with Gasteiger partial charge in [-0.25, -0.2) is 4.98 Å². The maximum Gasteiger partial charge on any atom is 0.433 e. The van der Waals surface area contributed by atoms with Crippen LogP contribution in [0.3, 0.4) is 0 Å². The molecule has 0 fully saturated rings. The lowest BCUT2D eigenvalue weighted by atomic mass is 10.4. The van der Waals surface area contributed by atoms with Crippen LogP contribution in [-0.2, 0) is 12.7 Å². The first-order valence-electron chi connectivity index (χ1n) is 4.18. The molecule has 0 radical (unpaired) electrons. The molecule has 0 saturated heterocycles. The van der Waals surface area contributed by atoms with E-state index in [0.29, 0.717) is 11.4 Å². The van der Waals surface area contributed by atoms with Gasteiger partial charge in [0, 0.05) is 22.8 Å². The van der Waals surface area contributed by atoms with Crippen molar-refractivity contribution in [2.24, 2.45) is 0 Å². The van der Waals surface area contributed by atoms with Crippen LogP contribution in [-0.4, -0.2) is 19.7 Å². The molecule has 0 aliphatic carbocycles. The standard InChI is InChI=1S/C8H7Br2F3N2O/c9-2-5(10)3-15-4-14-6(1-7(15)16)8(11,12)13/h1,4-5H,2-3H2. The molecule has 1 unspecified atom stereocenters. The van der Waals surface area contributed by atoms with Crippen LogP contribution in [0.25, 0.3) is 0 Å². The summed E-state index contributed by atoms with van der Waals surface area (Å²) in [6, 6.07) is 0.494. The van der Waals surface area contributed by atoms with E-state index in [1.807, 2.05) is 0 Å². The van der Waals surface area contributed by atoms with Crippen LogP contribution in [0.4, 0.5) is 13.2 Å². The number of aromatic nitrogens is 2. The van der Waals surface area contributed by atoms with Crippen molar-refractivity contribution in [1.29, 1.82) is 0 Å². The summed E-state index contributed by atoms with van der Waals surface area (Å²) in [6.45, 7) is 0.259. The van der Waals surface area contributed by atoms with Gasteiger partial charge in [0.2, 0.25) is 0 Å². The summed E-state index contributed by atoms with van der Waals surface area (Å²) >= 11 is 6.43. The normalized spacial score (nSPS) is 13.8. The SMILES string of the molecule is O=c1cc(C(F)(F)F)ncn1CC(Br)CBr. The van der Waals surface area contributed by atoms with Crippen LogP contribution in [0.5, 0.6) is 0 Å². The lowest BCUT2D eigenvalue weighted by Gasteiger charge is -2.10. The van der Waals surface area contributed by atoms with E-state index < -0.39 is 17.4 Å². The first-order chi connectivity index (χ1) is 7.34. The quantitative estimate of drug-likeness (QED) is 0.773. The van der Waals surface area contributed by atoms with Gasteiger partial charge in [0.15, 0.2) is 5.69 Å². The number of halogens is 5. The smallest absolute Gasteiger partial charge is 0.298 e.